The molecule has 0 fully saturated rings. The van der Waals surface area contributed by atoms with Gasteiger partial charge in [-0.05, 0) is 23.6 Å². The molecule has 1 aromatic carbocycles. The van der Waals surface area contributed by atoms with E-state index < -0.39 is 5.97 Å². The second-order valence-corrected chi connectivity index (χ2v) is 5.53. The molecule has 1 unspecified atom stereocenters. The van der Waals surface area contributed by atoms with Gasteiger partial charge in [0.05, 0.1) is 18.7 Å². The molecular formula is C18H20N2O3. The topological polar surface area (TPSA) is 68.3 Å². The summed E-state index contributed by atoms with van der Waals surface area (Å²) in [5.41, 5.74) is 1.62. The number of benzene rings is 1. The highest BCUT2D eigenvalue weighted by Crippen LogP contribution is 2.21. The van der Waals surface area contributed by atoms with E-state index >= 15 is 0 Å². The Morgan fingerprint density at radius 1 is 1.09 bits per heavy atom. The highest BCUT2D eigenvalue weighted by molar-refractivity contribution is 5.94. The Balaban J connectivity index is 2.14. The summed E-state index contributed by atoms with van der Waals surface area (Å²) in [6.07, 6.45) is 1.34. The van der Waals surface area contributed by atoms with Gasteiger partial charge in [-0.25, -0.2) is 4.79 Å². The quantitative estimate of drug-likeness (QED) is 0.862. The first-order chi connectivity index (χ1) is 11.0. The molecule has 5 nitrogen and oxygen atoms in total. The molecule has 0 aliphatic carbocycles. The van der Waals surface area contributed by atoms with Gasteiger partial charge in [0.2, 0.25) is 0 Å². The fraction of sp³-hybridized carbons (Fsp3) is 0.278. The second kappa shape index (κ2) is 7.54. The lowest BCUT2D eigenvalue weighted by molar-refractivity contribution is 0.0599. The van der Waals surface area contributed by atoms with Crippen LogP contribution in [0.25, 0.3) is 0 Å². The van der Waals surface area contributed by atoms with Crippen LogP contribution in [0.4, 0.5) is 0 Å². The van der Waals surface area contributed by atoms with E-state index in [-0.39, 0.29) is 23.6 Å². The average Bonchev–Trinajstić information content (AvgIpc) is 2.59. The van der Waals surface area contributed by atoms with Gasteiger partial charge in [-0.15, -0.1) is 0 Å². The monoisotopic (exact) mass is 312 g/mol. The van der Waals surface area contributed by atoms with E-state index in [1.54, 1.807) is 0 Å². The van der Waals surface area contributed by atoms with E-state index in [1.807, 2.05) is 44.2 Å². The Labute approximate surface area is 135 Å². The van der Waals surface area contributed by atoms with E-state index in [2.05, 4.69) is 15.0 Å². The summed E-state index contributed by atoms with van der Waals surface area (Å²) in [7, 11) is 1.30. The molecule has 5 heteroatoms. The zero-order chi connectivity index (χ0) is 16.8. The maximum atomic E-state index is 12.4. The van der Waals surface area contributed by atoms with Crippen molar-refractivity contribution in [2.75, 3.05) is 7.11 Å². The molecule has 0 radical (unpaired) electrons. The zero-order valence-corrected chi connectivity index (χ0v) is 13.4. The number of carbonyl (C=O) groups excluding carboxylic acids is 2. The number of esters is 1. The molecule has 1 atom stereocenters. The van der Waals surface area contributed by atoms with Crippen molar-refractivity contribution in [3.05, 3.63) is 65.5 Å². The van der Waals surface area contributed by atoms with Crippen LogP contribution in [0.1, 0.15) is 46.3 Å². The van der Waals surface area contributed by atoms with Crippen molar-refractivity contribution in [2.45, 2.75) is 19.9 Å². The van der Waals surface area contributed by atoms with Crippen molar-refractivity contribution in [3.63, 3.8) is 0 Å². The zero-order valence-electron chi connectivity index (χ0n) is 13.4. The highest BCUT2D eigenvalue weighted by atomic mass is 16.5. The molecule has 23 heavy (non-hydrogen) atoms. The molecule has 2 rings (SSSR count). The van der Waals surface area contributed by atoms with E-state index in [0.29, 0.717) is 5.56 Å². The fourth-order valence-corrected chi connectivity index (χ4v) is 2.28. The molecule has 0 aliphatic rings. The third-order valence-electron chi connectivity index (χ3n) is 3.53. The van der Waals surface area contributed by atoms with Crippen LogP contribution in [-0.2, 0) is 4.74 Å². The summed E-state index contributed by atoms with van der Waals surface area (Å²) in [6, 6.07) is 12.7. The molecule has 1 amide bonds. The van der Waals surface area contributed by atoms with E-state index in [9.17, 15) is 9.59 Å². The Bertz CT molecular complexity index is 666. The molecule has 1 heterocycles. The Morgan fingerprint density at radius 3 is 2.30 bits per heavy atom. The van der Waals surface area contributed by atoms with Crippen molar-refractivity contribution in [1.29, 1.82) is 0 Å². The number of nitrogens with zero attached hydrogens (tertiary/aromatic N) is 1. The molecule has 1 N–H and O–H groups in total. The lowest BCUT2D eigenvalue weighted by Crippen LogP contribution is -2.32. The first-order valence-electron chi connectivity index (χ1n) is 7.43. The van der Waals surface area contributed by atoms with Crippen molar-refractivity contribution in [2.24, 2.45) is 5.92 Å². The highest BCUT2D eigenvalue weighted by Gasteiger charge is 2.19. The SMILES string of the molecule is COC(=O)c1ccc(C(=O)NC(c2ccccc2)C(C)C)nc1. The molecular weight excluding hydrogens is 292 g/mol. The van der Waals surface area contributed by atoms with Gasteiger partial charge in [-0.3, -0.25) is 9.78 Å². The summed E-state index contributed by atoms with van der Waals surface area (Å²) in [5.74, 6) is -0.520. The maximum absolute atomic E-state index is 12.4. The van der Waals surface area contributed by atoms with Crippen molar-refractivity contribution in [3.8, 4) is 0 Å². The Kier molecular flexibility index (Phi) is 5.46. The number of aromatic nitrogens is 1. The van der Waals surface area contributed by atoms with Crippen molar-refractivity contribution >= 4 is 11.9 Å². The van der Waals surface area contributed by atoms with Gasteiger partial charge in [0.15, 0.2) is 0 Å². The van der Waals surface area contributed by atoms with Crippen LogP contribution in [0.15, 0.2) is 48.7 Å². The molecule has 0 spiro atoms. The van der Waals surface area contributed by atoms with Gasteiger partial charge in [0, 0.05) is 6.20 Å². The number of amides is 1. The molecule has 0 saturated carbocycles. The van der Waals surface area contributed by atoms with E-state index in [4.69, 9.17) is 0 Å². The summed E-state index contributed by atoms with van der Waals surface area (Å²) in [5, 5.41) is 2.99. The van der Waals surface area contributed by atoms with Crippen LogP contribution in [0.2, 0.25) is 0 Å². The van der Waals surface area contributed by atoms with E-state index in [0.717, 1.165) is 5.56 Å². The molecule has 0 aliphatic heterocycles. The predicted molar refractivity (Wildman–Crippen MR) is 87.1 cm³/mol. The van der Waals surface area contributed by atoms with Gasteiger partial charge in [0.25, 0.3) is 5.91 Å². The summed E-state index contributed by atoms with van der Waals surface area (Å²) in [4.78, 5) is 27.8. The van der Waals surface area contributed by atoms with Crippen LogP contribution in [0.3, 0.4) is 0 Å². The Hall–Kier alpha value is -2.69. The average molecular weight is 312 g/mol. The number of methoxy groups -OCH3 is 1. The molecule has 1 aromatic heterocycles. The molecule has 120 valence electrons. The van der Waals surface area contributed by atoms with E-state index in [1.165, 1.54) is 25.4 Å². The van der Waals surface area contributed by atoms with Crippen LogP contribution in [-0.4, -0.2) is 24.0 Å². The number of ether oxygens (including phenoxy) is 1. The van der Waals surface area contributed by atoms with Gasteiger partial charge in [0.1, 0.15) is 5.69 Å². The fourth-order valence-electron chi connectivity index (χ4n) is 2.28. The third-order valence-corrected chi connectivity index (χ3v) is 3.53. The lowest BCUT2D eigenvalue weighted by Gasteiger charge is -2.22. The Morgan fingerprint density at radius 2 is 1.78 bits per heavy atom. The number of hydrogen-bond acceptors (Lipinski definition) is 4. The standard InChI is InChI=1S/C18H20N2O3/c1-12(2)16(13-7-5-4-6-8-13)20-17(21)15-10-9-14(11-19-15)18(22)23-3/h4-12,16H,1-3H3,(H,20,21). The number of pyridine rings is 1. The van der Waals surface area contributed by atoms with Gasteiger partial charge in [-0.2, -0.15) is 0 Å². The van der Waals surface area contributed by atoms with Crippen LogP contribution >= 0.6 is 0 Å². The van der Waals surface area contributed by atoms with Crippen LogP contribution < -0.4 is 5.32 Å². The van der Waals surface area contributed by atoms with Crippen molar-refractivity contribution < 1.29 is 14.3 Å². The second-order valence-electron chi connectivity index (χ2n) is 5.53. The first kappa shape index (κ1) is 16.7. The number of carbonyl (C=O) groups is 2. The smallest absolute Gasteiger partial charge is 0.339 e. The summed E-state index contributed by atoms with van der Waals surface area (Å²) in [6.45, 7) is 4.09. The maximum Gasteiger partial charge on any atom is 0.339 e. The normalized spacial score (nSPS) is 11.8. The molecule has 0 saturated heterocycles. The predicted octanol–water partition coefficient (Wildman–Crippen LogP) is 3.00. The minimum Gasteiger partial charge on any atom is -0.465 e. The number of rotatable bonds is 5. The minimum atomic E-state index is -0.478. The van der Waals surface area contributed by atoms with Crippen LogP contribution in [0, 0.1) is 5.92 Å². The lowest BCUT2D eigenvalue weighted by atomic mass is 9.96. The number of nitrogens with one attached hydrogen (secondary N) is 1. The molecule has 0 bridgehead atoms. The largest absolute Gasteiger partial charge is 0.465 e. The summed E-state index contributed by atoms with van der Waals surface area (Å²) >= 11 is 0. The number of hydrogen-bond donors (Lipinski definition) is 1. The summed E-state index contributed by atoms with van der Waals surface area (Å²) < 4.78 is 4.61. The van der Waals surface area contributed by atoms with Gasteiger partial charge >= 0.3 is 5.97 Å². The van der Waals surface area contributed by atoms with Crippen LogP contribution in [0.5, 0.6) is 0 Å². The molecule has 2 aromatic rings. The van der Waals surface area contributed by atoms with Gasteiger partial charge < -0.3 is 10.1 Å². The third kappa shape index (κ3) is 4.16. The first-order valence-corrected chi connectivity index (χ1v) is 7.43. The minimum absolute atomic E-state index is 0.106. The van der Waals surface area contributed by atoms with Crippen molar-refractivity contribution in [1.82, 2.24) is 10.3 Å². The van der Waals surface area contributed by atoms with Gasteiger partial charge in [-0.1, -0.05) is 44.2 Å².